The molecule has 1 aromatic rings. The third kappa shape index (κ3) is 13.7. The molecule has 0 saturated carbocycles. The van der Waals surface area contributed by atoms with Crippen LogP contribution in [-0.4, -0.2) is 99.1 Å². The fourth-order valence-corrected chi connectivity index (χ4v) is 4.04. The first-order chi connectivity index (χ1) is 20.9. The molecule has 0 aromatic heterocycles. The molecule has 5 amide bonds. The third-order valence-corrected chi connectivity index (χ3v) is 6.54. The average molecular weight is 637 g/mol. The van der Waals surface area contributed by atoms with Crippen molar-refractivity contribution >= 4 is 41.5 Å². The molecule has 250 valence electrons. The number of carboxylic acid groups (broad SMARTS) is 2. The van der Waals surface area contributed by atoms with Gasteiger partial charge in [0.15, 0.2) is 0 Å². The van der Waals surface area contributed by atoms with Gasteiger partial charge in [-0.15, -0.1) is 0 Å². The Balaban J connectivity index is 2.92. The van der Waals surface area contributed by atoms with Crippen molar-refractivity contribution in [1.82, 2.24) is 26.6 Å². The molecule has 1 aromatic carbocycles. The Morgan fingerprint density at radius 3 is 1.69 bits per heavy atom. The van der Waals surface area contributed by atoms with Crippen molar-refractivity contribution in [2.45, 2.75) is 96.2 Å². The Bertz CT molecular complexity index is 1210. The summed E-state index contributed by atoms with van der Waals surface area (Å²) in [5.74, 6) is -6.91. The Labute approximate surface area is 260 Å². The maximum Gasteiger partial charge on any atom is 0.326 e. The first-order valence-corrected chi connectivity index (χ1v) is 14.4. The van der Waals surface area contributed by atoms with E-state index in [1.54, 1.807) is 44.2 Å². The van der Waals surface area contributed by atoms with E-state index in [1.165, 1.54) is 20.8 Å². The number of carbonyl (C=O) groups excluding carboxylic acids is 5. The lowest BCUT2D eigenvalue weighted by atomic mass is 10.0. The Kier molecular flexibility index (Phi) is 15.6. The minimum atomic E-state index is -1.57. The van der Waals surface area contributed by atoms with Crippen molar-refractivity contribution < 1.29 is 48.9 Å². The lowest BCUT2D eigenvalue weighted by molar-refractivity contribution is -0.142. The largest absolute Gasteiger partial charge is 0.481 e. The van der Waals surface area contributed by atoms with Crippen LogP contribution in [0.15, 0.2) is 30.3 Å². The summed E-state index contributed by atoms with van der Waals surface area (Å²) in [4.78, 5) is 86.3. The van der Waals surface area contributed by atoms with Crippen LogP contribution in [0.3, 0.4) is 0 Å². The van der Waals surface area contributed by atoms with E-state index in [0.717, 1.165) is 0 Å². The van der Waals surface area contributed by atoms with Crippen LogP contribution in [0.25, 0.3) is 0 Å². The van der Waals surface area contributed by atoms with E-state index in [0.29, 0.717) is 5.56 Å². The molecular formula is C29H44N6O10. The molecular weight excluding hydrogens is 592 g/mol. The zero-order valence-corrected chi connectivity index (χ0v) is 25.9. The van der Waals surface area contributed by atoms with Gasteiger partial charge in [-0.3, -0.25) is 28.8 Å². The number of rotatable bonds is 18. The van der Waals surface area contributed by atoms with Crippen LogP contribution in [0, 0.1) is 5.92 Å². The molecule has 1 rings (SSSR count). The predicted octanol–water partition coefficient (Wildman–Crippen LogP) is -1.99. The molecule has 0 aliphatic rings. The minimum Gasteiger partial charge on any atom is -0.481 e. The van der Waals surface area contributed by atoms with Crippen molar-refractivity contribution in [2.24, 2.45) is 11.7 Å². The molecule has 0 aliphatic carbocycles. The van der Waals surface area contributed by atoms with Crippen LogP contribution in [-0.2, 0) is 40.0 Å². The van der Waals surface area contributed by atoms with Gasteiger partial charge in [-0.2, -0.15) is 0 Å². The molecule has 10 N–H and O–H groups in total. The number of carboxylic acids is 2. The highest BCUT2D eigenvalue weighted by atomic mass is 16.4. The number of hydrogen-bond acceptors (Lipinski definition) is 9. The van der Waals surface area contributed by atoms with E-state index in [1.807, 2.05) is 0 Å². The van der Waals surface area contributed by atoms with Crippen LogP contribution >= 0.6 is 0 Å². The number of aliphatic hydroxyl groups excluding tert-OH is 1. The normalized spacial score (nSPS) is 15.6. The van der Waals surface area contributed by atoms with E-state index in [4.69, 9.17) is 10.8 Å². The highest BCUT2D eigenvalue weighted by Crippen LogP contribution is 2.08. The summed E-state index contributed by atoms with van der Waals surface area (Å²) in [6.45, 7) is 7.41. The smallest absolute Gasteiger partial charge is 0.326 e. The van der Waals surface area contributed by atoms with Gasteiger partial charge in [-0.1, -0.05) is 44.2 Å². The number of hydrogen-bond donors (Lipinski definition) is 9. The SMILES string of the molecule is CC(C)C[C@H](NC(=O)[C@H](Cc1ccccc1)NC(=O)[C@H](C)NC(=O)[C@H](C)NC(=O)[C@@H](NC(=O)[C@@H](N)CC(=O)O)[C@@H](C)O)C(=O)O. The minimum absolute atomic E-state index is 0.0299. The molecule has 16 nitrogen and oxygen atoms in total. The van der Waals surface area contributed by atoms with Crippen LogP contribution in [0.4, 0.5) is 0 Å². The van der Waals surface area contributed by atoms with E-state index in [2.05, 4.69) is 26.6 Å². The molecule has 0 fully saturated rings. The van der Waals surface area contributed by atoms with Gasteiger partial charge in [-0.05, 0) is 38.7 Å². The fourth-order valence-electron chi connectivity index (χ4n) is 4.04. The quantitative estimate of drug-likeness (QED) is 0.0851. The molecule has 0 bridgehead atoms. The molecule has 0 radical (unpaired) electrons. The zero-order chi connectivity index (χ0) is 34.4. The second-order valence-corrected chi connectivity index (χ2v) is 11.2. The summed E-state index contributed by atoms with van der Waals surface area (Å²) >= 11 is 0. The maximum absolute atomic E-state index is 13.1. The molecule has 7 atom stereocenters. The number of nitrogens with two attached hydrogens (primary N) is 1. The highest BCUT2D eigenvalue weighted by molar-refractivity contribution is 5.96. The van der Waals surface area contributed by atoms with Gasteiger partial charge in [0.05, 0.1) is 18.6 Å². The number of benzene rings is 1. The molecule has 0 spiro atoms. The van der Waals surface area contributed by atoms with Crippen LogP contribution in [0.1, 0.15) is 53.0 Å². The lowest BCUT2D eigenvalue weighted by Crippen LogP contribution is -2.60. The molecule has 16 heteroatoms. The fraction of sp³-hybridized carbons (Fsp3) is 0.552. The zero-order valence-electron chi connectivity index (χ0n) is 25.9. The van der Waals surface area contributed by atoms with Crippen LogP contribution in [0.2, 0.25) is 0 Å². The van der Waals surface area contributed by atoms with Gasteiger partial charge >= 0.3 is 11.9 Å². The number of amides is 5. The first-order valence-electron chi connectivity index (χ1n) is 14.4. The van der Waals surface area contributed by atoms with Crippen molar-refractivity contribution in [3.63, 3.8) is 0 Å². The van der Waals surface area contributed by atoms with Gasteiger partial charge in [0.2, 0.25) is 29.5 Å². The molecule has 0 unspecified atom stereocenters. The first kappa shape index (κ1) is 38.5. The summed E-state index contributed by atoms with van der Waals surface area (Å²) in [7, 11) is 0. The van der Waals surface area contributed by atoms with Crippen molar-refractivity contribution in [3.8, 4) is 0 Å². The van der Waals surface area contributed by atoms with Crippen LogP contribution < -0.4 is 32.3 Å². The van der Waals surface area contributed by atoms with Gasteiger partial charge in [0, 0.05) is 6.42 Å². The van der Waals surface area contributed by atoms with E-state index < -0.39 is 90.3 Å². The summed E-state index contributed by atoms with van der Waals surface area (Å²) in [5.41, 5.74) is 6.18. The second kappa shape index (κ2) is 18.3. The summed E-state index contributed by atoms with van der Waals surface area (Å²) in [5, 5.41) is 40.2. The molecule has 0 heterocycles. The summed E-state index contributed by atoms with van der Waals surface area (Å²) in [6, 6.07) is 0.786. The number of aliphatic carboxylic acids is 2. The summed E-state index contributed by atoms with van der Waals surface area (Å²) in [6.07, 6.45) is -1.97. The molecule has 45 heavy (non-hydrogen) atoms. The number of aliphatic hydroxyl groups is 1. The van der Waals surface area contributed by atoms with Gasteiger partial charge < -0.3 is 47.6 Å². The van der Waals surface area contributed by atoms with Crippen LogP contribution in [0.5, 0.6) is 0 Å². The Morgan fingerprint density at radius 2 is 1.20 bits per heavy atom. The summed E-state index contributed by atoms with van der Waals surface area (Å²) < 4.78 is 0. The average Bonchev–Trinajstić information content (AvgIpc) is 2.94. The monoisotopic (exact) mass is 636 g/mol. The lowest BCUT2D eigenvalue weighted by Gasteiger charge is -2.26. The van der Waals surface area contributed by atoms with Gasteiger partial charge in [0.25, 0.3) is 0 Å². The van der Waals surface area contributed by atoms with E-state index in [9.17, 15) is 43.8 Å². The number of carbonyl (C=O) groups is 7. The van der Waals surface area contributed by atoms with E-state index in [-0.39, 0.29) is 18.8 Å². The standard InChI is InChI=1S/C29H44N6O10/c1-14(2)11-21(29(44)45)34-27(42)20(12-18-9-7-6-8-10-18)33-25(40)16(4)31-24(39)15(3)32-28(43)23(17(5)36)35-26(41)19(30)13-22(37)38/h6-10,14-17,19-21,23,36H,11-13,30H2,1-5H3,(H,31,39)(H,32,43)(H,33,40)(H,34,42)(H,35,41)(H,37,38)(H,44,45)/t15-,16-,17+,19-,20-,21-,23-/m0/s1. The molecule has 0 saturated heterocycles. The molecule has 0 aliphatic heterocycles. The van der Waals surface area contributed by atoms with Crippen molar-refractivity contribution in [2.75, 3.05) is 0 Å². The topological polar surface area (TPSA) is 266 Å². The Hall–Kier alpha value is -4.57. The van der Waals surface area contributed by atoms with Gasteiger partial charge in [-0.25, -0.2) is 4.79 Å². The number of nitrogens with one attached hydrogen (secondary N) is 5. The second-order valence-electron chi connectivity index (χ2n) is 11.2. The highest BCUT2D eigenvalue weighted by Gasteiger charge is 2.32. The maximum atomic E-state index is 13.1. The third-order valence-electron chi connectivity index (χ3n) is 6.54. The van der Waals surface area contributed by atoms with E-state index >= 15 is 0 Å². The predicted molar refractivity (Wildman–Crippen MR) is 160 cm³/mol. The van der Waals surface area contributed by atoms with Crippen molar-refractivity contribution in [1.29, 1.82) is 0 Å². The van der Waals surface area contributed by atoms with Gasteiger partial charge in [0.1, 0.15) is 30.2 Å². The Morgan fingerprint density at radius 1 is 0.689 bits per heavy atom. The van der Waals surface area contributed by atoms with Crippen molar-refractivity contribution in [3.05, 3.63) is 35.9 Å².